The number of methoxy groups -OCH3 is 1. The number of halogens is 1. The number of hydrogen-bond acceptors (Lipinski definition) is 5. The molecule has 0 unspecified atom stereocenters. The first-order valence-electron chi connectivity index (χ1n) is 6.48. The number of carbonyl (C=O) groups excluding carboxylic acids is 1. The maximum Gasteiger partial charge on any atom is 0.339 e. The van der Waals surface area contributed by atoms with Gasteiger partial charge in [0.25, 0.3) is 10.0 Å². The summed E-state index contributed by atoms with van der Waals surface area (Å²) in [6.07, 6.45) is 0. The lowest BCUT2D eigenvalue weighted by molar-refractivity contribution is 0.0596. The number of hydrogen-bond donors (Lipinski definition) is 2. The Kier molecular flexibility index (Phi) is 5.40. The number of aliphatic hydroxyl groups excluding tert-OH is 1. The highest BCUT2D eigenvalue weighted by molar-refractivity contribution is 9.10. The van der Waals surface area contributed by atoms with E-state index in [1.54, 1.807) is 18.2 Å². The molecular formula is C15H14BrNO5S. The lowest BCUT2D eigenvalue weighted by Gasteiger charge is -2.12. The average molecular weight is 400 g/mol. The fourth-order valence-corrected chi connectivity index (χ4v) is 3.54. The Bertz CT molecular complexity index is 836. The molecule has 0 amide bonds. The molecule has 6 nitrogen and oxygen atoms in total. The first kappa shape index (κ1) is 17.5. The minimum atomic E-state index is -3.99. The van der Waals surface area contributed by atoms with E-state index in [0.29, 0.717) is 10.0 Å². The molecule has 122 valence electrons. The summed E-state index contributed by atoms with van der Waals surface area (Å²) < 4.78 is 32.7. The van der Waals surface area contributed by atoms with E-state index < -0.39 is 16.0 Å². The van der Waals surface area contributed by atoms with Crippen molar-refractivity contribution >= 4 is 37.6 Å². The Morgan fingerprint density at radius 3 is 2.65 bits per heavy atom. The van der Waals surface area contributed by atoms with E-state index in [0.717, 1.165) is 0 Å². The van der Waals surface area contributed by atoms with Gasteiger partial charge in [0.05, 0.1) is 19.3 Å². The van der Waals surface area contributed by atoms with Crippen LogP contribution in [0.25, 0.3) is 0 Å². The summed E-state index contributed by atoms with van der Waals surface area (Å²) in [6, 6.07) is 10.6. The van der Waals surface area contributed by atoms with Crippen LogP contribution in [0, 0.1) is 0 Å². The minimum Gasteiger partial charge on any atom is -0.465 e. The van der Waals surface area contributed by atoms with Crippen molar-refractivity contribution in [1.29, 1.82) is 0 Å². The number of aliphatic hydroxyl groups is 1. The zero-order chi connectivity index (χ0) is 17.0. The second-order valence-corrected chi connectivity index (χ2v) is 7.16. The molecule has 2 aromatic rings. The number of ether oxygens (including phenoxy) is 1. The van der Waals surface area contributed by atoms with Crippen LogP contribution >= 0.6 is 15.9 Å². The number of esters is 1. The summed E-state index contributed by atoms with van der Waals surface area (Å²) in [4.78, 5) is 11.6. The van der Waals surface area contributed by atoms with E-state index in [4.69, 9.17) is 5.11 Å². The van der Waals surface area contributed by atoms with E-state index in [9.17, 15) is 13.2 Å². The summed E-state index contributed by atoms with van der Waals surface area (Å²) in [6.45, 7) is -0.207. The molecule has 2 aromatic carbocycles. The van der Waals surface area contributed by atoms with E-state index >= 15 is 0 Å². The molecule has 2 rings (SSSR count). The summed E-state index contributed by atoms with van der Waals surface area (Å²) in [5.41, 5.74) is 0.775. The molecule has 0 aliphatic rings. The number of sulfonamides is 1. The Balaban J connectivity index is 2.45. The second kappa shape index (κ2) is 7.12. The molecule has 0 bridgehead atoms. The van der Waals surface area contributed by atoms with Gasteiger partial charge in [0.1, 0.15) is 4.90 Å². The third-order valence-electron chi connectivity index (χ3n) is 3.00. The van der Waals surface area contributed by atoms with Gasteiger partial charge >= 0.3 is 5.97 Å². The molecule has 0 saturated heterocycles. The van der Waals surface area contributed by atoms with Crippen LogP contribution in [0.2, 0.25) is 0 Å². The summed E-state index contributed by atoms with van der Waals surface area (Å²) in [7, 11) is -2.82. The van der Waals surface area contributed by atoms with Crippen molar-refractivity contribution in [2.45, 2.75) is 11.5 Å². The molecule has 0 saturated carbocycles. The molecule has 0 spiro atoms. The topological polar surface area (TPSA) is 92.7 Å². The lowest BCUT2D eigenvalue weighted by atomic mass is 10.2. The number of carbonyl (C=O) groups is 1. The van der Waals surface area contributed by atoms with Crippen molar-refractivity contribution in [3.8, 4) is 0 Å². The molecule has 0 heterocycles. The van der Waals surface area contributed by atoms with Gasteiger partial charge in [-0.25, -0.2) is 13.2 Å². The fourth-order valence-electron chi connectivity index (χ4n) is 1.95. The summed E-state index contributed by atoms with van der Waals surface area (Å²) in [5, 5.41) is 9.11. The van der Waals surface area contributed by atoms with Crippen LogP contribution in [0.15, 0.2) is 51.8 Å². The molecule has 8 heteroatoms. The highest BCUT2D eigenvalue weighted by atomic mass is 79.9. The quantitative estimate of drug-likeness (QED) is 0.753. The molecule has 0 aromatic heterocycles. The van der Waals surface area contributed by atoms with Crippen LogP contribution in [0.3, 0.4) is 0 Å². The predicted molar refractivity (Wildman–Crippen MR) is 88.7 cm³/mol. The third-order valence-corrected chi connectivity index (χ3v) is 4.93. The zero-order valence-electron chi connectivity index (χ0n) is 12.1. The molecule has 0 atom stereocenters. The van der Waals surface area contributed by atoms with E-state index in [2.05, 4.69) is 25.4 Å². The highest BCUT2D eigenvalue weighted by Gasteiger charge is 2.23. The predicted octanol–water partition coefficient (Wildman–Crippen LogP) is 2.53. The number of rotatable bonds is 5. The normalized spacial score (nSPS) is 11.1. The molecule has 0 aliphatic carbocycles. The summed E-state index contributed by atoms with van der Waals surface area (Å²) >= 11 is 3.20. The third kappa shape index (κ3) is 4.10. The highest BCUT2D eigenvalue weighted by Crippen LogP contribution is 2.24. The van der Waals surface area contributed by atoms with Crippen molar-refractivity contribution in [2.75, 3.05) is 11.8 Å². The first-order valence-corrected chi connectivity index (χ1v) is 8.75. The van der Waals surface area contributed by atoms with Crippen LogP contribution < -0.4 is 4.72 Å². The van der Waals surface area contributed by atoms with E-state index in [-0.39, 0.29) is 22.8 Å². The van der Waals surface area contributed by atoms with Gasteiger partial charge in [0, 0.05) is 10.2 Å². The van der Waals surface area contributed by atoms with E-state index in [1.807, 2.05) is 0 Å². The van der Waals surface area contributed by atoms with Gasteiger partial charge < -0.3 is 9.84 Å². The van der Waals surface area contributed by atoms with Crippen LogP contribution in [0.5, 0.6) is 0 Å². The maximum atomic E-state index is 12.6. The Hall–Kier alpha value is -1.90. The largest absolute Gasteiger partial charge is 0.465 e. The van der Waals surface area contributed by atoms with Gasteiger partial charge in [-0.15, -0.1) is 0 Å². The number of nitrogens with one attached hydrogen (secondary N) is 1. The number of benzene rings is 2. The van der Waals surface area contributed by atoms with Gasteiger partial charge in [-0.3, -0.25) is 4.72 Å². The SMILES string of the molecule is COC(=O)c1cc(Br)ccc1S(=O)(=O)Nc1cccc(CO)c1. The van der Waals surface area contributed by atoms with Gasteiger partial charge in [-0.2, -0.15) is 0 Å². The van der Waals surface area contributed by atoms with Gasteiger partial charge in [-0.05, 0) is 35.9 Å². The van der Waals surface area contributed by atoms with Gasteiger partial charge in [-0.1, -0.05) is 28.1 Å². The fraction of sp³-hybridized carbons (Fsp3) is 0.133. The standard InChI is InChI=1S/C15H14BrNO5S/c1-22-15(19)13-8-11(16)5-6-14(13)23(20,21)17-12-4-2-3-10(7-12)9-18/h2-8,17-18H,9H2,1H3. The smallest absolute Gasteiger partial charge is 0.339 e. The minimum absolute atomic E-state index is 0.0762. The molecule has 0 fully saturated rings. The van der Waals surface area contributed by atoms with Crippen molar-refractivity contribution in [3.63, 3.8) is 0 Å². The van der Waals surface area contributed by atoms with Crippen LogP contribution in [-0.2, 0) is 21.4 Å². The maximum absolute atomic E-state index is 12.6. The van der Waals surface area contributed by atoms with Crippen LogP contribution in [-0.4, -0.2) is 26.6 Å². The van der Waals surface area contributed by atoms with Gasteiger partial charge in [0.2, 0.25) is 0 Å². The van der Waals surface area contributed by atoms with Crippen LogP contribution in [0.1, 0.15) is 15.9 Å². The first-order chi connectivity index (χ1) is 10.9. The zero-order valence-corrected chi connectivity index (χ0v) is 14.5. The number of anilines is 1. The van der Waals surface area contributed by atoms with Crippen molar-refractivity contribution in [3.05, 3.63) is 58.1 Å². The van der Waals surface area contributed by atoms with Crippen molar-refractivity contribution in [1.82, 2.24) is 0 Å². The molecule has 23 heavy (non-hydrogen) atoms. The van der Waals surface area contributed by atoms with Gasteiger partial charge in [0.15, 0.2) is 0 Å². The Morgan fingerprint density at radius 1 is 1.26 bits per heavy atom. The van der Waals surface area contributed by atoms with E-state index in [1.165, 1.54) is 31.4 Å². The monoisotopic (exact) mass is 399 g/mol. The Labute approximate surface area is 142 Å². The van der Waals surface area contributed by atoms with Crippen molar-refractivity contribution < 1.29 is 23.1 Å². The molecule has 2 N–H and O–H groups in total. The second-order valence-electron chi connectivity index (χ2n) is 4.60. The van der Waals surface area contributed by atoms with Crippen LogP contribution in [0.4, 0.5) is 5.69 Å². The lowest BCUT2D eigenvalue weighted by Crippen LogP contribution is -2.17. The summed E-state index contributed by atoms with van der Waals surface area (Å²) in [5.74, 6) is -0.754. The molecular weight excluding hydrogens is 386 g/mol. The molecule has 0 radical (unpaired) electrons. The van der Waals surface area contributed by atoms with Crippen molar-refractivity contribution in [2.24, 2.45) is 0 Å². The average Bonchev–Trinajstić information content (AvgIpc) is 2.53. The molecule has 0 aliphatic heterocycles. The Morgan fingerprint density at radius 2 is 2.00 bits per heavy atom.